The lowest BCUT2D eigenvalue weighted by molar-refractivity contribution is -0.141. The number of thioether (sulfide) groups is 1. The minimum atomic E-state index is -0.956. The molecule has 0 radical (unpaired) electrons. The van der Waals surface area contributed by atoms with Crippen LogP contribution in [0.5, 0.6) is 0 Å². The first-order chi connectivity index (χ1) is 8.52. The molecule has 98 valence electrons. The quantitative estimate of drug-likeness (QED) is 0.907. The number of hydrogen-bond acceptors (Lipinski definition) is 4. The monoisotopic (exact) mass is 269 g/mol. The summed E-state index contributed by atoms with van der Waals surface area (Å²) in [6, 6.07) is 0.798. The smallest absolute Gasteiger partial charge is 0.327 e. The second-order valence-corrected chi connectivity index (χ2v) is 5.70. The summed E-state index contributed by atoms with van der Waals surface area (Å²) in [7, 11) is 0. The third-order valence-electron chi connectivity index (χ3n) is 2.89. The molecule has 1 aromatic rings. The van der Waals surface area contributed by atoms with Gasteiger partial charge < -0.3 is 14.4 Å². The summed E-state index contributed by atoms with van der Waals surface area (Å²) in [5.74, 6) is -0.598. The van der Waals surface area contributed by atoms with Gasteiger partial charge in [-0.15, -0.1) is 11.8 Å². The average Bonchev–Trinajstić information content (AvgIpc) is 2.97. The van der Waals surface area contributed by atoms with Crippen molar-refractivity contribution in [3.63, 3.8) is 0 Å². The van der Waals surface area contributed by atoms with Crippen LogP contribution in [0.1, 0.15) is 24.2 Å². The number of nitrogens with zero attached hydrogens (tertiary/aromatic N) is 1. The molecule has 1 amide bonds. The molecule has 6 heteroatoms. The molecule has 1 aliphatic heterocycles. The van der Waals surface area contributed by atoms with Gasteiger partial charge in [-0.3, -0.25) is 4.79 Å². The molecule has 1 fully saturated rings. The summed E-state index contributed by atoms with van der Waals surface area (Å²) in [5.41, 5.74) is 0.398. The van der Waals surface area contributed by atoms with Crippen LogP contribution in [0.15, 0.2) is 23.0 Å². The van der Waals surface area contributed by atoms with Crippen molar-refractivity contribution in [2.45, 2.75) is 25.3 Å². The number of carboxylic acid groups (broad SMARTS) is 1. The van der Waals surface area contributed by atoms with Crippen molar-refractivity contribution < 1.29 is 19.1 Å². The minimum Gasteiger partial charge on any atom is -0.480 e. The Balaban J connectivity index is 2.29. The van der Waals surface area contributed by atoms with Gasteiger partial charge in [-0.25, -0.2) is 4.79 Å². The van der Waals surface area contributed by atoms with Gasteiger partial charge in [0.2, 0.25) is 0 Å². The molecule has 2 unspecified atom stereocenters. The number of carboxylic acids is 1. The Morgan fingerprint density at radius 1 is 1.56 bits per heavy atom. The predicted octanol–water partition coefficient (Wildman–Crippen LogP) is 1.90. The van der Waals surface area contributed by atoms with Crippen molar-refractivity contribution in [1.82, 2.24) is 4.90 Å². The largest absolute Gasteiger partial charge is 0.480 e. The Bertz CT molecular complexity index is 443. The minimum absolute atomic E-state index is 0.103. The summed E-state index contributed by atoms with van der Waals surface area (Å²) >= 11 is 1.51. The highest BCUT2D eigenvalue weighted by atomic mass is 32.2. The number of aliphatic carboxylic acids is 1. The molecule has 0 saturated carbocycles. The zero-order chi connectivity index (χ0) is 13.3. The van der Waals surface area contributed by atoms with E-state index in [2.05, 4.69) is 0 Å². The lowest BCUT2D eigenvalue weighted by Gasteiger charge is -2.29. The fraction of sp³-hybridized carbons (Fsp3) is 0.500. The van der Waals surface area contributed by atoms with E-state index in [4.69, 9.17) is 4.42 Å². The Labute approximate surface area is 109 Å². The molecule has 18 heavy (non-hydrogen) atoms. The molecule has 1 N–H and O–H groups in total. The van der Waals surface area contributed by atoms with Crippen LogP contribution in [0.2, 0.25) is 0 Å². The van der Waals surface area contributed by atoms with E-state index in [1.807, 2.05) is 13.8 Å². The Hall–Kier alpha value is -1.43. The number of rotatable bonds is 3. The highest BCUT2D eigenvalue weighted by Gasteiger charge is 2.43. The van der Waals surface area contributed by atoms with E-state index >= 15 is 0 Å². The molecular formula is C12H15NO4S. The van der Waals surface area contributed by atoms with E-state index in [-0.39, 0.29) is 17.2 Å². The molecule has 1 aliphatic rings. The van der Waals surface area contributed by atoms with Crippen molar-refractivity contribution in [3.05, 3.63) is 24.2 Å². The Morgan fingerprint density at radius 2 is 2.28 bits per heavy atom. The van der Waals surface area contributed by atoms with E-state index in [1.54, 1.807) is 6.07 Å². The van der Waals surface area contributed by atoms with Gasteiger partial charge >= 0.3 is 5.97 Å². The van der Waals surface area contributed by atoms with E-state index in [0.29, 0.717) is 11.3 Å². The average molecular weight is 269 g/mol. The maximum absolute atomic E-state index is 12.3. The fourth-order valence-electron chi connectivity index (χ4n) is 2.02. The summed E-state index contributed by atoms with van der Waals surface area (Å²) < 4.78 is 4.88. The molecular weight excluding hydrogens is 254 g/mol. The maximum atomic E-state index is 12.3. The van der Waals surface area contributed by atoms with Crippen LogP contribution < -0.4 is 0 Å². The van der Waals surface area contributed by atoms with E-state index in [1.165, 1.54) is 29.2 Å². The fourth-order valence-corrected chi connectivity index (χ4v) is 3.49. The van der Waals surface area contributed by atoms with Crippen LogP contribution >= 0.6 is 11.8 Å². The topological polar surface area (TPSA) is 70.8 Å². The first-order valence-electron chi connectivity index (χ1n) is 5.71. The number of amides is 1. The molecule has 0 aliphatic carbocycles. The Kier molecular flexibility index (Phi) is 3.65. The normalized spacial score (nSPS) is 23.6. The third kappa shape index (κ3) is 2.25. The molecule has 5 nitrogen and oxygen atoms in total. The number of hydrogen-bond donors (Lipinski definition) is 1. The number of furan rings is 1. The summed E-state index contributed by atoms with van der Waals surface area (Å²) in [6.07, 6.45) is 2.76. The molecule has 0 bridgehead atoms. The second-order valence-electron chi connectivity index (χ2n) is 4.55. The van der Waals surface area contributed by atoms with Crippen molar-refractivity contribution in [1.29, 1.82) is 0 Å². The van der Waals surface area contributed by atoms with Gasteiger partial charge in [-0.05, 0) is 12.0 Å². The molecule has 1 aromatic heterocycles. The van der Waals surface area contributed by atoms with Crippen LogP contribution in [0.25, 0.3) is 0 Å². The molecule has 1 saturated heterocycles. The van der Waals surface area contributed by atoms with Crippen LogP contribution in [0.3, 0.4) is 0 Å². The lowest BCUT2D eigenvalue weighted by Crippen LogP contribution is -2.47. The van der Waals surface area contributed by atoms with Crippen molar-refractivity contribution in [2.75, 3.05) is 5.75 Å². The Morgan fingerprint density at radius 3 is 2.78 bits per heavy atom. The van der Waals surface area contributed by atoms with Gasteiger partial charge in [0.25, 0.3) is 5.91 Å². The first kappa shape index (κ1) is 13.0. The van der Waals surface area contributed by atoms with Crippen molar-refractivity contribution in [3.8, 4) is 0 Å². The van der Waals surface area contributed by atoms with E-state index in [9.17, 15) is 14.7 Å². The van der Waals surface area contributed by atoms with Gasteiger partial charge in [-0.2, -0.15) is 0 Å². The van der Waals surface area contributed by atoms with E-state index < -0.39 is 12.0 Å². The SMILES string of the molecule is CC(C)C1SCC(C(=O)O)N1C(=O)c1ccoc1. The summed E-state index contributed by atoms with van der Waals surface area (Å²) in [4.78, 5) is 25.0. The highest BCUT2D eigenvalue weighted by molar-refractivity contribution is 8.00. The predicted molar refractivity (Wildman–Crippen MR) is 67.4 cm³/mol. The van der Waals surface area contributed by atoms with Crippen LogP contribution in [0, 0.1) is 5.92 Å². The van der Waals surface area contributed by atoms with Crippen molar-refractivity contribution >= 4 is 23.6 Å². The molecule has 2 heterocycles. The first-order valence-corrected chi connectivity index (χ1v) is 6.76. The maximum Gasteiger partial charge on any atom is 0.327 e. The zero-order valence-corrected chi connectivity index (χ0v) is 11.0. The highest BCUT2D eigenvalue weighted by Crippen LogP contribution is 2.35. The zero-order valence-electron chi connectivity index (χ0n) is 10.2. The van der Waals surface area contributed by atoms with Gasteiger partial charge in [0.1, 0.15) is 12.3 Å². The summed E-state index contributed by atoms with van der Waals surface area (Å²) in [5, 5.41) is 9.10. The van der Waals surface area contributed by atoms with E-state index in [0.717, 1.165) is 0 Å². The molecule has 2 rings (SSSR count). The van der Waals surface area contributed by atoms with Crippen molar-refractivity contribution in [2.24, 2.45) is 5.92 Å². The van der Waals surface area contributed by atoms with Gasteiger partial charge in [0, 0.05) is 5.75 Å². The lowest BCUT2D eigenvalue weighted by atomic mass is 10.1. The van der Waals surface area contributed by atoms with Crippen LogP contribution in [0.4, 0.5) is 0 Å². The molecule has 0 aromatic carbocycles. The number of carbonyl (C=O) groups excluding carboxylic acids is 1. The van der Waals surface area contributed by atoms with Crippen LogP contribution in [-0.4, -0.2) is 39.1 Å². The third-order valence-corrected chi connectivity index (χ3v) is 4.51. The standard InChI is InChI=1S/C12H15NO4S/c1-7(2)11-13(9(6-18-11)12(15)16)10(14)8-3-4-17-5-8/h3-5,7,9,11H,6H2,1-2H3,(H,15,16). The molecule has 0 spiro atoms. The van der Waals surface area contributed by atoms with Crippen LogP contribution in [-0.2, 0) is 4.79 Å². The number of carbonyl (C=O) groups is 2. The second kappa shape index (κ2) is 5.06. The molecule has 2 atom stereocenters. The van der Waals surface area contributed by atoms with Gasteiger partial charge in [0.15, 0.2) is 0 Å². The summed E-state index contributed by atoms with van der Waals surface area (Å²) in [6.45, 7) is 3.97. The van der Waals surface area contributed by atoms with Gasteiger partial charge in [-0.1, -0.05) is 13.8 Å². The van der Waals surface area contributed by atoms with Gasteiger partial charge in [0.05, 0.1) is 17.2 Å².